The van der Waals surface area contributed by atoms with Crippen molar-refractivity contribution in [1.82, 2.24) is 25.3 Å². The van der Waals surface area contributed by atoms with Gasteiger partial charge in [-0.3, -0.25) is 0 Å². The van der Waals surface area contributed by atoms with Crippen molar-refractivity contribution < 1.29 is 4.52 Å². The summed E-state index contributed by atoms with van der Waals surface area (Å²) in [6.07, 6.45) is 0. The number of nitrogens with one attached hydrogen (secondary N) is 1. The molecule has 0 aliphatic rings. The molecule has 0 radical (unpaired) electrons. The van der Waals surface area contributed by atoms with Crippen LogP contribution in [0.1, 0.15) is 50.1 Å². The molecule has 0 aliphatic carbocycles. The Labute approximate surface area is 170 Å². The summed E-state index contributed by atoms with van der Waals surface area (Å²) in [5, 5.41) is 10.4. The highest BCUT2D eigenvalue weighted by atomic mass is 127. The molecule has 140 valence electrons. The highest BCUT2D eigenvalue weighted by Gasteiger charge is 2.21. The van der Waals surface area contributed by atoms with E-state index in [4.69, 9.17) is 4.52 Å². The van der Waals surface area contributed by atoms with Gasteiger partial charge in [0.1, 0.15) is 6.54 Å². The summed E-state index contributed by atoms with van der Waals surface area (Å²) in [5.74, 6) is 2.02. The van der Waals surface area contributed by atoms with E-state index in [-0.39, 0.29) is 29.4 Å². The fourth-order valence-electron chi connectivity index (χ4n) is 2.04. The Morgan fingerprint density at radius 1 is 1.36 bits per heavy atom. The topological polar surface area (TPSA) is 79.4 Å². The summed E-state index contributed by atoms with van der Waals surface area (Å²) < 4.78 is 5.31. The van der Waals surface area contributed by atoms with Crippen molar-refractivity contribution in [1.29, 1.82) is 0 Å². The third kappa shape index (κ3) is 6.53. The summed E-state index contributed by atoms with van der Waals surface area (Å²) in [5.41, 5.74) is 0.888. The van der Waals surface area contributed by atoms with E-state index in [0.717, 1.165) is 23.2 Å². The molecule has 0 saturated carbocycles. The first-order valence-corrected chi connectivity index (χ1v) is 8.91. The maximum absolute atomic E-state index is 5.31. The van der Waals surface area contributed by atoms with Crippen LogP contribution in [-0.4, -0.2) is 39.6 Å². The summed E-state index contributed by atoms with van der Waals surface area (Å²) in [4.78, 5) is 15.6. The number of aliphatic imine (C=N–C) groups is 1. The van der Waals surface area contributed by atoms with Gasteiger partial charge in [0.25, 0.3) is 0 Å². The van der Waals surface area contributed by atoms with E-state index in [0.29, 0.717) is 24.8 Å². The average Bonchev–Trinajstić information content (AvgIpc) is 3.12. The second-order valence-electron chi connectivity index (χ2n) is 6.65. The number of aryl methyl sites for hydroxylation is 1. The predicted molar refractivity (Wildman–Crippen MR) is 112 cm³/mol. The largest absolute Gasteiger partial charge is 0.357 e. The number of hydrogen-bond donors (Lipinski definition) is 1. The van der Waals surface area contributed by atoms with Gasteiger partial charge in [-0.15, -0.1) is 35.3 Å². The molecule has 2 aromatic rings. The normalized spacial score (nSPS) is 12.0. The van der Waals surface area contributed by atoms with Crippen LogP contribution in [0, 0.1) is 6.92 Å². The van der Waals surface area contributed by atoms with E-state index in [1.165, 1.54) is 0 Å². The molecular formula is C16H27IN6OS. The van der Waals surface area contributed by atoms with E-state index in [9.17, 15) is 0 Å². The number of aromatic nitrogens is 3. The molecule has 0 aromatic carbocycles. The van der Waals surface area contributed by atoms with Crippen molar-refractivity contribution in [2.45, 2.75) is 53.1 Å². The van der Waals surface area contributed by atoms with Gasteiger partial charge in [-0.25, -0.2) is 9.98 Å². The van der Waals surface area contributed by atoms with Crippen molar-refractivity contribution in [2.75, 3.05) is 13.6 Å². The molecule has 0 unspecified atom stereocenters. The first-order chi connectivity index (χ1) is 11.3. The minimum atomic E-state index is -0.154. The van der Waals surface area contributed by atoms with Crippen LogP contribution >= 0.6 is 35.3 Å². The molecule has 0 amide bonds. The van der Waals surface area contributed by atoms with Crippen molar-refractivity contribution in [3.8, 4) is 0 Å². The van der Waals surface area contributed by atoms with Gasteiger partial charge in [0.15, 0.2) is 11.8 Å². The molecule has 0 saturated heterocycles. The standard InChI is InChI=1S/C16H26N6OS.HI/c1-7-17-15(22(6)9-12-10-24-11(2)19-12)18-8-13-20-14(23-21-13)16(3,4)5;/h10H,7-9H2,1-6H3,(H,17,18);1H. The van der Waals surface area contributed by atoms with Crippen LogP contribution in [0.5, 0.6) is 0 Å². The van der Waals surface area contributed by atoms with Gasteiger partial charge in [0.05, 0.1) is 17.2 Å². The summed E-state index contributed by atoms with van der Waals surface area (Å²) >= 11 is 1.66. The van der Waals surface area contributed by atoms with Crippen molar-refractivity contribution in [3.63, 3.8) is 0 Å². The SMILES string of the molecule is CCNC(=NCc1noc(C(C)(C)C)n1)N(C)Cc1csc(C)n1.I. The molecule has 0 aliphatic heterocycles. The Morgan fingerprint density at radius 3 is 2.60 bits per heavy atom. The van der Waals surface area contributed by atoms with Crippen molar-refractivity contribution in [3.05, 3.63) is 27.8 Å². The molecule has 9 heteroatoms. The Morgan fingerprint density at radius 2 is 2.08 bits per heavy atom. The number of guanidine groups is 1. The lowest BCUT2D eigenvalue weighted by atomic mass is 9.97. The summed E-state index contributed by atoms with van der Waals surface area (Å²) in [6, 6.07) is 0. The number of nitrogens with zero attached hydrogens (tertiary/aromatic N) is 5. The third-order valence-electron chi connectivity index (χ3n) is 3.24. The van der Waals surface area contributed by atoms with E-state index in [1.807, 2.05) is 46.6 Å². The molecule has 2 aromatic heterocycles. The minimum Gasteiger partial charge on any atom is -0.357 e. The van der Waals surface area contributed by atoms with Gasteiger partial charge in [-0.05, 0) is 13.8 Å². The van der Waals surface area contributed by atoms with Gasteiger partial charge >= 0.3 is 0 Å². The smallest absolute Gasteiger partial charge is 0.232 e. The second-order valence-corrected chi connectivity index (χ2v) is 7.71. The molecule has 25 heavy (non-hydrogen) atoms. The minimum absolute atomic E-state index is 0. The van der Waals surface area contributed by atoms with Crippen LogP contribution in [0.3, 0.4) is 0 Å². The molecule has 0 spiro atoms. The second kappa shape index (κ2) is 9.46. The molecule has 2 rings (SSSR count). The zero-order chi connectivity index (χ0) is 17.7. The van der Waals surface area contributed by atoms with E-state index in [1.54, 1.807) is 11.3 Å². The predicted octanol–water partition coefficient (Wildman–Crippen LogP) is 3.35. The Balaban J connectivity index is 0.00000312. The van der Waals surface area contributed by atoms with Gasteiger partial charge in [-0.2, -0.15) is 4.98 Å². The lowest BCUT2D eigenvalue weighted by Gasteiger charge is -2.20. The molecule has 7 nitrogen and oxygen atoms in total. The van der Waals surface area contributed by atoms with Gasteiger partial charge < -0.3 is 14.7 Å². The average molecular weight is 478 g/mol. The van der Waals surface area contributed by atoms with E-state index < -0.39 is 0 Å². The van der Waals surface area contributed by atoms with E-state index in [2.05, 4.69) is 30.8 Å². The van der Waals surface area contributed by atoms with Crippen molar-refractivity contribution in [2.24, 2.45) is 4.99 Å². The maximum atomic E-state index is 5.31. The number of rotatable bonds is 5. The number of hydrogen-bond acceptors (Lipinski definition) is 6. The first kappa shape index (κ1) is 21.8. The van der Waals surface area contributed by atoms with Gasteiger partial charge in [0.2, 0.25) is 5.89 Å². The van der Waals surface area contributed by atoms with Crippen molar-refractivity contribution >= 4 is 41.3 Å². The fourth-order valence-corrected chi connectivity index (χ4v) is 2.64. The highest BCUT2D eigenvalue weighted by molar-refractivity contribution is 14.0. The van der Waals surface area contributed by atoms with E-state index >= 15 is 0 Å². The highest BCUT2D eigenvalue weighted by Crippen LogP contribution is 2.19. The number of halogens is 1. The Kier molecular flexibility index (Phi) is 8.26. The van der Waals surface area contributed by atoms with Crippen LogP contribution in [0.15, 0.2) is 14.9 Å². The van der Waals surface area contributed by atoms with Gasteiger partial charge in [0, 0.05) is 24.4 Å². The molecule has 0 atom stereocenters. The molecule has 0 bridgehead atoms. The number of thiazole rings is 1. The monoisotopic (exact) mass is 478 g/mol. The molecule has 2 heterocycles. The van der Waals surface area contributed by atoms with Crippen LogP contribution in [-0.2, 0) is 18.5 Å². The Hall–Kier alpha value is -1.23. The van der Waals surface area contributed by atoms with Crippen LogP contribution in [0.2, 0.25) is 0 Å². The lowest BCUT2D eigenvalue weighted by Crippen LogP contribution is -2.38. The first-order valence-electron chi connectivity index (χ1n) is 8.03. The summed E-state index contributed by atoms with van der Waals surface area (Å²) in [7, 11) is 1.99. The quantitative estimate of drug-likeness (QED) is 0.404. The van der Waals surface area contributed by atoms with Crippen LogP contribution < -0.4 is 5.32 Å². The zero-order valence-corrected chi connectivity index (χ0v) is 18.8. The molecule has 1 N–H and O–H groups in total. The summed E-state index contributed by atoms with van der Waals surface area (Å²) in [6.45, 7) is 12.1. The van der Waals surface area contributed by atoms with Crippen LogP contribution in [0.25, 0.3) is 0 Å². The van der Waals surface area contributed by atoms with Gasteiger partial charge in [-0.1, -0.05) is 25.9 Å². The molecular weight excluding hydrogens is 451 g/mol. The lowest BCUT2D eigenvalue weighted by molar-refractivity contribution is 0.318. The zero-order valence-electron chi connectivity index (χ0n) is 15.7. The molecule has 0 fully saturated rings. The van der Waals surface area contributed by atoms with Crippen LogP contribution in [0.4, 0.5) is 0 Å². The third-order valence-corrected chi connectivity index (χ3v) is 4.06. The fraction of sp³-hybridized carbons (Fsp3) is 0.625. The Bertz CT molecular complexity index is 691. The maximum Gasteiger partial charge on any atom is 0.232 e.